The highest BCUT2D eigenvalue weighted by atomic mass is 31.2. The summed E-state index contributed by atoms with van der Waals surface area (Å²) in [7, 11) is -4.40. The Morgan fingerprint density at radius 1 is 0.320 bits per heavy atom. The minimum atomic E-state index is -4.40. The van der Waals surface area contributed by atoms with E-state index in [1.165, 1.54) is 321 Å². The lowest BCUT2D eigenvalue weighted by Gasteiger charge is -2.19. The van der Waals surface area contributed by atoms with E-state index in [4.69, 9.17) is 24.3 Å². The van der Waals surface area contributed by atoms with Crippen molar-refractivity contribution >= 4 is 19.8 Å². The third-order valence-electron chi connectivity index (χ3n) is 18.8. The number of esters is 2. The highest BCUT2D eigenvalue weighted by Crippen LogP contribution is 2.43. The van der Waals surface area contributed by atoms with E-state index < -0.39 is 26.5 Å². The molecule has 97 heavy (non-hydrogen) atoms. The highest BCUT2D eigenvalue weighted by Gasteiger charge is 2.26. The molecule has 0 bridgehead atoms. The minimum Gasteiger partial charge on any atom is -0.462 e. The van der Waals surface area contributed by atoms with E-state index in [1.54, 1.807) is 0 Å². The lowest BCUT2D eigenvalue weighted by molar-refractivity contribution is -0.161. The van der Waals surface area contributed by atoms with Gasteiger partial charge in [-0.15, -0.1) is 0 Å². The van der Waals surface area contributed by atoms with Crippen LogP contribution in [0.5, 0.6) is 0 Å². The van der Waals surface area contributed by atoms with Crippen molar-refractivity contribution in [3.05, 3.63) is 85.1 Å². The number of ether oxygens (including phenoxy) is 2. The van der Waals surface area contributed by atoms with Crippen molar-refractivity contribution in [3.63, 3.8) is 0 Å². The van der Waals surface area contributed by atoms with Gasteiger partial charge in [-0.3, -0.25) is 18.6 Å². The first-order chi connectivity index (χ1) is 47.8. The SMILES string of the molecule is CC/C=C\C/C=C\C/C=C\C/C=C\C/C=C\C/C=C\CCCCCCCCCCCCCCCCCCCCCCCCC(=O)OC(COC(=O)CCCCCCCCCCCCCCCCCCCCCCCCC/C=C\CCCCCCCCCC)COP(=O)(O)OCCN. The first kappa shape index (κ1) is 94.2. The molecule has 0 aromatic heterocycles. The Labute approximate surface area is 602 Å². The summed E-state index contributed by atoms with van der Waals surface area (Å²) < 4.78 is 33.3. The molecule has 0 spiro atoms. The van der Waals surface area contributed by atoms with E-state index in [1.807, 2.05) is 0 Å². The number of nitrogens with two attached hydrogens (primary N) is 1. The molecule has 10 heteroatoms. The second-order valence-electron chi connectivity index (χ2n) is 28.3. The molecule has 0 aromatic rings. The molecule has 9 nitrogen and oxygen atoms in total. The first-order valence-electron chi connectivity index (χ1n) is 42.1. The predicted molar refractivity (Wildman–Crippen MR) is 422 cm³/mol. The van der Waals surface area contributed by atoms with E-state index in [0.717, 1.165) is 70.6 Å². The predicted octanol–water partition coefficient (Wildman–Crippen LogP) is 28.4. The molecule has 0 saturated carbocycles. The van der Waals surface area contributed by atoms with Crippen LogP contribution in [0.4, 0.5) is 0 Å². The van der Waals surface area contributed by atoms with Gasteiger partial charge in [0.05, 0.1) is 13.2 Å². The Morgan fingerprint density at radius 3 is 0.856 bits per heavy atom. The molecular formula is C87H160NO8P. The van der Waals surface area contributed by atoms with Crippen molar-refractivity contribution in [3.8, 4) is 0 Å². The van der Waals surface area contributed by atoms with Crippen molar-refractivity contribution in [1.82, 2.24) is 0 Å². The van der Waals surface area contributed by atoms with Crippen LogP contribution in [0.1, 0.15) is 425 Å². The zero-order chi connectivity index (χ0) is 70.0. The summed E-state index contributed by atoms with van der Waals surface area (Å²) in [5, 5.41) is 0. The van der Waals surface area contributed by atoms with E-state index in [-0.39, 0.29) is 38.6 Å². The van der Waals surface area contributed by atoms with Gasteiger partial charge in [0.1, 0.15) is 6.61 Å². The summed E-state index contributed by atoms with van der Waals surface area (Å²) >= 11 is 0. The van der Waals surface area contributed by atoms with Crippen LogP contribution in [0.15, 0.2) is 85.1 Å². The number of unbranched alkanes of at least 4 members (excludes halogenated alkanes) is 53. The number of allylic oxidation sites excluding steroid dienone is 14. The second kappa shape index (κ2) is 82.1. The fourth-order valence-electron chi connectivity index (χ4n) is 12.6. The molecule has 0 aromatic carbocycles. The number of rotatable bonds is 80. The number of hydrogen-bond donors (Lipinski definition) is 2. The lowest BCUT2D eigenvalue weighted by Crippen LogP contribution is -2.29. The Morgan fingerprint density at radius 2 is 0.567 bits per heavy atom. The quantitative estimate of drug-likeness (QED) is 0.0264. The largest absolute Gasteiger partial charge is 0.472 e. The molecule has 2 unspecified atom stereocenters. The Balaban J connectivity index is 3.75. The summed E-state index contributed by atoms with van der Waals surface area (Å²) in [6.45, 7) is 3.70. The summed E-state index contributed by atoms with van der Waals surface area (Å²) in [6.07, 6.45) is 112. The van der Waals surface area contributed by atoms with E-state index in [9.17, 15) is 19.0 Å². The van der Waals surface area contributed by atoms with Gasteiger partial charge >= 0.3 is 19.8 Å². The van der Waals surface area contributed by atoms with Crippen molar-refractivity contribution in [2.24, 2.45) is 5.73 Å². The fraction of sp³-hybridized carbons (Fsp3) is 0.816. The number of phosphoric acid groups is 1. The van der Waals surface area contributed by atoms with Crippen LogP contribution in [0.2, 0.25) is 0 Å². The Kier molecular flexibility index (Phi) is 79.8. The van der Waals surface area contributed by atoms with Gasteiger partial charge in [0.25, 0.3) is 0 Å². The topological polar surface area (TPSA) is 134 Å². The molecule has 0 aliphatic rings. The summed E-state index contributed by atoms with van der Waals surface area (Å²) in [4.78, 5) is 35.5. The van der Waals surface area contributed by atoms with Crippen LogP contribution in [-0.4, -0.2) is 49.3 Å². The molecule has 0 radical (unpaired) electrons. The molecule has 0 aliphatic heterocycles. The monoisotopic (exact) mass is 1380 g/mol. The van der Waals surface area contributed by atoms with Crippen LogP contribution >= 0.6 is 7.82 Å². The maximum absolute atomic E-state index is 12.8. The number of carbonyl (C=O) groups is 2. The van der Waals surface area contributed by atoms with E-state index in [2.05, 4.69) is 98.9 Å². The van der Waals surface area contributed by atoms with Gasteiger partial charge in [-0.1, -0.05) is 407 Å². The summed E-state index contributed by atoms with van der Waals surface area (Å²) in [5.41, 5.74) is 5.42. The summed E-state index contributed by atoms with van der Waals surface area (Å²) in [6, 6.07) is 0. The Bertz CT molecular complexity index is 1870. The van der Waals surface area contributed by atoms with Crippen LogP contribution in [0.25, 0.3) is 0 Å². The third kappa shape index (κ3) is 82.0. The summed E-state index contributed by atoms with van der Waals surface area (Å²) in [5.74, 6) is -0.804. The van der Waals surface area contributed by atoms with Crippen molar-refractivity contribution in [2.45, 2.75) is 431 Å². The van der Waals surface area contributed by atoms with Crippen molar-refractivity contribution < 1.29 is 37.6 Å². The molecule has 2 atom stereocenters. The fourth-order valence-corrected chi connectivity index (χ4v) is 13.3. The van der Waals surface area contributed by atoms with Crippen LogP contribution in [-0.2, 0) is 32.7 Å². The zero-order valence-corrected chi connectivity index (χ0v) is 65.0. The average Bonchev–Trinajstić information content (AvgIpc) is 2.57. The van der Waals surface area contributed by atoms with Crippen LogP contribution in [0, 0.1) is 0 Å². The molecule has 0 saturated heterocycles. The molecule has 0 amide bonds. The standard InChI is InChI=1S/C87H160NO8P/c1-3-5-7-9-11-13-15-17-19-21-23-25-27-29-31-33-35-37-39-40-41-42-43-44-46-48-50-52-54-56-58-60-62-64-66-68-70-72-74-76-78-80-87(90)96-85(84-95-97(91,92)94-82-81-88)83-93-86(89)79-77-75-73-71-69-67-65-63-61-59-57-55-53-51-49-47-45-38-36-34-32-30-28-26-24-22-20-18-16-14-12-10-8-6-4-2/h5,7,11,13,17,19,22-25,29,31,35,37,85H,3-4,6,8-10,12,14-16,18,20-21,26-28,30,32-34,36,38-84,88H2,1-2H3,(H,91,92)/b7-5-,13-11-,19-17-,24-22-,25-23-,31-29-,37-35-. The van der Waals surface area contributed by atoms with Crippen molar-refractivity contribution in [1.29, 1.82) is 0 Å². The van der Waals surface area contributed by atoms with Crippen LogP contribution in [0.3, 0.4) is 0 Å². The van der Waals surface area contributed by atoms with Crippen molar-refractivity contribution in [2.75, 3.05) is 26.4 Å². The molecule has 566 valence electrons. The van der Waals surface area contributed by atoms with E-state index >= 15 is 0 Å². The van der Waals surface area contributed by atoms with E-state index in [0.29, 0.717) is 6.42 Å². The zero-order valence-electron chi connectivity index (χ0n) is 64.1. The molecule has 0 aliphatic carbocycles. The van der Waals surface area contributed by atoms with Gasteiger partial charge in [-0.2, -0.15) is 0 Å². The number of carbonyl (C=O) groups excluding carboxylic acids is 2. The van der Waals surface area contributed by atoms with Gasteiger partial charge in [0, 0.05) is 19.4 Å². The maximum Gasteiger partial charge on any atom is 0.472 e. The molecular weight excluding hydrogens is 1220 g/mol. The van der Waals surface area contributed by atoms with Crippen LogP contribution < -0.4 is 5.73 Å². The molecule has 3 N–H and O–H groups in total. The minimum absolute atomic E-state index is 0.0547. The van der Waals surface area contributed by atoms with Gasteiger partial charge in [-0.05, 0) is 89.9 Å². The average molecular weight is 1380 g/mol. The molecule has 0 heterocycles. The highest BCUT2D eigenvalue weighted by molar-refractivity contribution is 7.47. The molecule has 0 fully saturated rings. The smallest absolute Gasteiger partial charge is 0.462 e. The number of phosphoric ester groups is 1. The van der Waals surface area contributed by atoms with Gasteiger partial charge < -0.3 is 20.1 Å². The second-order valence-corrected chi connectivity index (χ2v) is 29.8. The van der Waals surface area contributed by atoms with Gasteiger partial charge in [0.15, 0.2) is 6.10 Å². The maximum atomic E-state index is 12.8. The first-order valence-corrected chi connectivity index (χ1v) is 43.6. The third-order valence-corrected chi connectivity index (χ3v) is 19.7. The number of hydrogen-bond acceptors (Lipinski definition) is 8. The van der Waals surface area contributed by atoms with Gasteiger partial charge in [0.2, 0.25) is 0 Å². The molecule has 0 rings (SSSR count). The Hall–Kier alpha value is -2.81. The van der Waals surface area contributed by atoms with Gasteiger partial charge in [-0.25, -0.2) is 4.57 Å². The lowest BCUT2D eigenvalue weighted by atomic mass is 10.0. The normalized spacial score (nSPS) is 13.2.